The highest BCUT2D eigenvalue weighted by atomic mass is 35.5. The molecule has 14 heavy (non-hydrogen) atoms. The summed E-state index contributed by atoms with van der Waals surface area (Å²) < 4.78 is 22.1. The van der Waals surface area contributed by atoms with Crippen LogP contribution in [-0.4, -0.2) is 43.4 Å². The molecule has 2 saturated heterocycles. The molecule has 0 aromatic carbocycles. The van der Waals surface area contributed by atoms with Crippen LogP contribution in [0.15, 0.2) is 0 Å². The van der Waals surface area contributed by atoms with Crippen molar-refractivity contribution < 1.29 is 18.9 Å². The molecule has 0 aliphatic carbocycles. The van der Waals surface area contributed by atoms with Crippen molar-refractivity contribution in [2.75, 3.05) is 13.0 Å². The van der Waals surface area contributed by atoms with E-state index in [2.05, 4.69) is 0 Å². The van der Waals surface area contributed by atoms with Crippen LogP contribution in [0.3, 0.4) is 0 Å². The van der Waals surface area contributed by atoms with Gasteiger partial charge in [-0.2, -0.15) is 0 Å². The first-order chi connectivity index (χ1) is 6.57. The molecule has 0 aromatic rings. The highest BCUT2D eigenvalue weighted by molar-refractivity contribution is 6.18. The van der Waals surface area contributed by atoms with Crippen LogP contribution in [0.4, 0.5) is 0 Å². The minimum absolute atomic E-state index is 0.118. The second-order valence-electron chi connectivity index (χ2n) is 4.00. The largest absolute Gasteiger partial charge is 0.353 e. The van der Waals surface area contributed by atoms with Crippen LogP contribution in [0.25, 0.3) is 0 Å². The summed E-state index contributed by atoms with van der Waals surface area (Å²) in [5.41, 5.74) is 0. The zero-order chi connectivity index (χ0) is 10.3. The van der Waals surface area contributed by atoms with Crippen molar-refractivity contribution in [3.63, 3.8) is 0 Å². The average molecular weight is 223 g/mol. The maximum Gasteiger partial charge on any atom is 0.186 e. The quantitative estimate of drug-likeness (QED) is 0.656. The van der Waals surface area contributed by atoms with Gasteiger partial charge in [0.05, 0.1) is 5.88 Å². The van der Waals surface area contributed by atoms with Crippen molar-refractivity contribution in [2.24, 2.45) is 0 Å². The molecular formula is C9H15ClO4. The summed E-state index contributed by atoms with van der Waals surface area (Å²) in [6.45, 7) is 3.76. The lowest BCUT2D eigenvalue weighted by molar-refractivity contribution is -0.224. The van der Waals surface area contributed by atoms with E-state index in [0.717, 1.165) is 0 Å². The average Bonchev–Trinajstić information content (AvgIpc) is 2.57. The Kier molecular flexibility index (Phi) is 2.74. The Morgan fingerprint density at radius 1 is 1.29 bits per heavy atom. The third-order valence-corrected chi connectivity index (χ3v) is 2.80. The van der Waals surface area contributed by atoms with E-state index in [1.807, 2.05) is 13.8 Å². The normalized spacial score (nSPS) is 45.4. The summed E-state index contributed by atoms with van der Waals surface area (Å²) in [4.78, 5) is 0. The molecule has 0 N–H and O–H groups in total. The molecule has 82 valence electrons. The molecule has 2 rings (SSSR count). The van der Waals surface area contributed by atoms with Crippen LogP contribution in [0, 0.1) is 0 Å². The Morgan fingerprint density at radius 2 is 1.93 bits per heavy atom. The molecule has 2 heterocycles. The second-order valence-corrected chi connectivity index (χ2v) is 4.31. The number of ether oxygens (including phenoxy) is 4. The standard InChI is InChI=1S/C9H15ClO4/c1-9(2)13-6-5(4-10)12-8(11-3)7(6)14-9/h5-8H,4H2,1-3H3/t5-,6+,7?,8-/m1/s1. The topological polar surface area (TPSA) is 36.9 Å². The third-order valence-electron chi connectivity index (χ3n) is 2.49. The fourth-order valence-corrected chi connectivity index (χ4v) is 2.20. The van der Waals surface area contributed by atoms with Crippen molar-refractivity contribution in [2.45, 2.75) is 44.2 Å². The van der Waals surface area contributed by atoms with Gasteiger partial charge in [-0.05, 0) is 13.8 Å². The van der Waals surface area contributed by atoms with Gasteiger partial charge in [0, 0.05) is 7.11 Å². The van der Waals surface area contributed by atoms with Gasteiger partial charge in [-0.1, -0.05) is 0 Å². The number of alkyl halides is 1. The highest BCUT2D eigenvalue weighted by Crippen LogP contribution is 2.39. The Labute approximate surface area is 88.4 Å². The SMILES string of the molecule is CO[C@@H]1O[C@H](CCl)[C@@H]2OC(C)(C)OC12. The van der Waals surface area contributed by atoms with Gasteiger partial charge in [-0.3, -0.25) is 0 Å². The monoisotopic (exact) mass is 222 g/mol. The number of methoxy groups -OCH3 is 1. The van der Waals surface area contributed by atoms with Crippen molar-refractivity contribution in [1.82, 2.24) is 0 Å². The first kappa shape index (κ1) is 10.6. The minimum atomic E-state index is -0.569. The molecule has 0 amide bonds. The Balaban J connectivity index is 2.12. The van der Waals surface area contributed by atoms with Crippen LogP contribution in [-0.2, 0) is 18.9 Å². The third kappa shape index (κ3) is 1.66. The lowest BCUT2D eigenvalue weighted by Crippen LogP contribution is -2.30. The Bertz CT molecular complexity index is 201. The molecule has 2 fully saturated rings. The van der Waals surface area contributed by atoms with Crippen LogP contribution in [0.1, 0.15) is 13.8 Å². The van der Waals surface area contributed by atoms with Crippen molar-refractivity contribution in [3.05, 3.63) is 0 Å². The van der Waals surface area contributed by atoms with Crippen LogP contribution < -0.4 is 0 Å². The predicted molar refractivity (Wildman–Crippen MR) is 50.2 cm³/mol. The molecular weight excluding hydrogens is 208 g/mol. The first-order valence-electron chi connectivity index (χ1n) is 4.67. The smallest absolute Gasteiger partial charge is 0.186 e. The number of hydrogen-bond donors (Lipinski definition) is 0. The fraction of sp³-hybridized carbons (Fsp3) is 1.00. The van der Waals surface area contributed by atoms with Gasteiger partial charge >= 0.3 is 0 Å². The predicted octanol–water partition coefficient (Wildman–Crippen LogP) is 1.12. The van der Waals surface area contributed by atoms with E-state index in [1.165, 1.54) is 0 Å². The van der Waals surface area contributed by atoms with E-state index in [-0.39, 0.29) is 24.6 Å². The van der Waals surface area contributed by atoms with Gasteiger partial charge in [0.25, 0.3) is 0 Å². The van der Waals surface area contributed by atoms with Crippen LogP contribution >= 0.6 is 11.6 Å². The number of fused-ring (bicyclic) bond motifs is 1. The van der Waals surface area contributed by atoms with E-state index < -0.39 is 5.79 Å². The summed E-state index contributed by atoms with van der Waals surface area (Å²) in [6.07, 6.45) is -0.801. The van der Waals surface area contributed by atoms with Gasteiger partial charge in [0.15, 0.2) is 12.1 Å². The molecule has 5 heteroatoms. The summed E-state index contributed by atoms with van der Waals surface area (Å²) in [5.74, 6) is -0.180. The molecule has 0 radical (unpaired) electrons. The molecule has 0 aromatic heterocycles. The number of rotatable bonds is 2. The minimum Gasteiger partial charge on any atom is -0.353 e. The molecule has 2 aliphatic rings. The molecule has 2 aliphatic heterocycles. The molecule has 1 unspecified atom stereocenters. The molecule has 0 bridgehead atoms. The Morgan fingerprint density at radius 3 is 2.50 bits per heavy atom. The van der Waals surface area contributed by atoms with Gasteiger partial charge in [-0.25, -0.2) is 0 Å². The number of hydrogen-bond acceptors (Lipinski definition) is 4. The first-order valence-corrected chi connectivity index (χ1v) is 5.21. The fourth-order valence-electron chi connectivity index (χ4n) is 1.96. The van der Waals surface area contributed by atoms with Crippen molar-refractivity contribution in [1.29, 1.82) is 0 Å². The maximum atomic E-state index is 5.77. The summed E-state index contributed by atoms with van der Waals surface area (Å²) in [5, 5.41) is 0. The summed E-state index contributed by atoms with van der Waals surface area (Å²) in [6, 6.07) is 0. The maximum absolute atomic E-state index is 5.77. The zero-order valence-corrected chi connectivity index (χ0v) is 9.28. The number of halogens is 1. The van der Waals surface area contributed by atoms with Crippen molar-refractivity contribution in [3.8, 4) is 0 Å². The second kappa shape index (κ2) is 3.61. The molecule has 4 atom stereocenters. The zero-order valence-electron chi connectivity index (χ0n) is 8.53. The highest BCUT2D eigenvalue weighted by Gasteiger charge is 2.55. The molecule has 0 spiro atoms. The van der Waals surface area contributed by atoms with Crippen LogP contribution in [0.5, 0.6) is 0 Å². The van der Waals surface area contributed by atoms with Gasteiger partial charge in [0.2, 0.25) is 0 Å². The Hall–Kier alpha value is 0.130. The van der Waals surface area contributed by atoms with Crippen LogP contribution in [0.2, 0.25) is 0 Å². The molecule has 0 saturated carbocycles. The molecule has 4 nitrogen and oxygen atoms in total. The van der Waals surface area contributed by atoms with E-state index in [9.17, 15) is 0 Å². The van der Waals surface area contributed by atoms with E-state index in [4.69, 9.17) is 30.5 Å². The van der Waals surface area contributed by atoms with E-state index in [0.29, 0.717) is 5.88 Å². The lowest BCUT2D eigenvalue weighted by Gasteiger charge is -2.22. The lowest BCUT2D eigenvalue weighted by atomic mass is 10.2. The van der Waals surface area contributed by atoms with Gasteiger partial charge in [-0.15, -0.1) is 11.6 Å². The van der Waals surface area contributed by atoms with E-state index in [1.54, 1.807) is 7.11 Å². The summed E-state index contributed by atoms with van der Waals surface area (Å²) in [7, 11) is 1.59. The van der Waals surface area contributed by atoms with Crippen molar-refractivity contribution >= 4 is 11.6 Å². The van der Waals surface area contributed by atoms with Gasteiger partial charge < -0.3 is 18.9 Å². The van der Waals surface area contributed by atoms with E-state index >= 15 is 0 Å². The summed E-state index contributed by atoms with van der Waals surface area (Å²) >= 11 is 5.77. The van der Waals surface area contributed by atoms with Gasteiger partial charge in [0.1, 0.15) is 18.3 Å².